The van der Waals surface area contributed by atoms with Crippen molar-refractivity contribution in [2.24, 2.45) is 0 Å². The summed E-state index contributed by atoms with van der Waals surface area (Å²) in [5.41, 5.74) is 4.05. The van der Waals surface area contributed by atoms with Gasteiger partial charge in [0.15, 0.2) is 0 Å². The molecule has 1 fully saturated rings. The summed E-state index contributed by atoms with van der Waals surface area (Å²) in [6.45, 7) is 5.43. The van der Waals surface area contributed by atoms with Gasteiger partial charge < -0.3 is 15.0 Å². The van der Waals surface area contributed by atoms with Gasteiger partial charge >= 0.3 is 0 Å². The van der Waals surface area contributed by atoms with E-state index in [-0.39, 0.29) is 6.04 Å². The fourth-order valence-corrected chi connectivity index (χ4v) is 4.54. The fourth-order valence-electron chi connectivity index (χ4n) is 4.54. The molecular weight excluding hydrogens is 356 g/mol. The minimum absolute atomic E-state index is 0.287. The molecule has 1 atom stereocenters. The molecule has 29 heavy (non-hydrogen) atoms. The highest BCUT2D eigenvalue weighted by Gasteiger charge is 2.21. The van der Waals surface area contributed by atoms with Gasteiger partial charge in [-0.15, -0.1) is 0 Å². The van der Waals surface area contributed by atoms with Gasteiger partial charge in [0.1, 0.15) is 5.75 Å². The Labute approximate surface area is 174 Å². The molecule has 0 bridgehead atoms. The van der Waals surface area contributed by atoms with E-state index in [2.05, 4.69) is 84.9 Å². The standard InChI is InChI=1S/C26H32N2O/c1-19(23-10-6-8-21-7-4-5-9-24(21)23)27-18-20-11-12-26(29-3)25(17-20)22-13-15-28(2)16-14-22/h4-12,17,19,22,27H,13-16,18H2,1-3H3. The van der Waals surface area contributed by atoms with E-state index < -0.39 is 0 Å². The largest absolute Gasteiger partial charge is 0.496 e. The first kappa shape index (κ1) is 19.9. The number of rotatable bonds is 6. The Morgan fingerprint density at radius 3 is 2.59 bits per heavy atom. The number of methoxy groups -OCH3 is 1. The molecule has 1 aliphatic rings. The third-order valence-corrected chi connectivity index (χ3v) is 6.35. The summed E-state index contributed by atoms with van der Waals surface area (Å²) in [5.74, 6) is 1.63. The van der Waals surface area contributed by atoms with Crippen molar-refractivity contribution in [2.75, 3.05) is 27.2 Å². The van der Waals surface area contributed by atoms with E-state index in [9.17, 15) is 0 Å². The summed E-state index contributed by atoms with van der Waals surface area (Å²) >= 11 is 0. The Kier molecular flexibility index (Phi) is 6.17. The average Bonchev–Trinajstić information content (AvgIpc) is 2.77. The summed E-state index contributed by atoms with van der Waals surface area (Å²) in [6, 6.07) is 22.2. The van der Waals surface area contributed by atoms with E-state index >= 15 is 0 Å². The van der Waals surface area contributed by atoms with Gasteiger partial charge in [0.2, 0.25) is 0 Å². The normalized spacial score (nSPS) is 16.8. The molecule has 1 heterocycles. The van der Waals surface area contributed by atoms with Crippen LogP contribution in [0.25, 0.3) is 10.8 Å². The lowest BCUT2D eigenvalue weighted by Gasteiger charge is -2.30. The minimum atomic E-state index is 0.287. The summed E-state index contributed by atoms with van der Waals surface area (Å²) in [6.07, 6.45) is 2.41. The maximum atomic E-state index is 5.69. The lowest BCUT2D eigenvalue weighted by molar-refractivity contribution is 0.252. The summed E-state index contributed by atoms with van der Waals surface area (Å²) < 4.78 is 5.69. The molecule has 1 N–H and O–H groups in total. The number of nitrogens with one attached hydrogen (secondary N) is 1. The van der Waals surface area contributed by atoms with Gasteiger partial charge in [-0.2, -0.15) is 0 Å². The predicted molar refractivity (Wildman–Crippen MR) is 122 cm³/mol. The molecule has 0 radical (unpaired) electrons. The van der Waals surface area contributed by atoms with Crippen molar-refractivity contribution in [2.45, 2.75) is 38.3 Å². The number of hydrogen-bond donors (Lipinski definition) is 1. The highest BCUT2D eigenvalue weighted by atomic mass is 16.5. The van der Waals surface area contributed by atoms with Crippen LogP contribution in [0.1, 0.15) is 48.4 Å². The molecule has 1 unspecified atom stereocenters. The third kappa shape index (κ3) is 4.47. The van der Waals surface area contributed by atoms with Crippen LogP contribution in [-0.4, -0.2) is 32.1 Å². The van der Waals surface area contributed by atoms with Crippen molar-refractivity contribution >= 4 is 10.8 Å². The van der Waals surface area contributed by atoms with Gasteiger partial charge in [-0.25, -0.2) is 0 Å². The molecule has 0 spiro atoms. The van der Waals surface area contributed by atoms with Crippen LogP contribution in [0.3, 0.4) is 0 Å². The van der Waals surface area contributed by atoms with Crippen LogP contribution in [-0.2, 0) is 6.54 Å². The second-order valence-electron chi connectivity index (χ2n) is 8.32. The highest BCUT2D eigenvalue weighted by Crippen LogP contribution is 2.35. The Morgan fingerprint density at radius 1 is 1.03 bits per heavy atom. The monoisotopic (exact) mass is 388 g/mol. The molecule has 0 aliphatic carbocycles. The molecule has 3 heteroatoms. The zero-order valence-corrected chi connectivity index (χ0v) is 17.8. The molecule has 3 nitrogen and oxygen atoms in total. The van der Waals surface area contributed by atoms with Gasteiger partial charge in [-0.3, -0.25) is 0 Å². The first-order valence-electron chi connectivity index (χ1n) is 10.7. The zero-order chi connectivity index (χ0) is 20.2. The Hall–Kier alpha value is -2.36. The van der Waals surface area contributed by atoms with Crippen molar-refractivity contribution in [3.8, 4) is 5.75 Å². The number of benzene rings is 3. The van der Waals surface area contributed by atoms with Crippen molar-refractivity contribution in [3.05, 3.63) is 77.4 Å². The van der Waals surface area contributed by atoms with Crippen LogP contribution >= 0.6 is 0 Å². The van der Waals surface area contributed by atoms with Gasteiger partial charge in [0.05, 0.1) is 7.11 Å². The Balaban J connectivity index is 1.50. The van der Waals surface area contributed by atoms with Gasteiger partial charge in [-0.1, -0.05) is 54.6 Å². The molecular formula is C26H32N2O. The summed E-state index contributed by atoms with van der Waals surface area (Å²) in [5, 5.41) is 6.36. The first-order valence-corrected chi connectivity index (χ1v) is 10.7. The smallest absolute Gasteiger partial charge is 0.122 e. The van der Waals surface area contributed by atoms with Crippen molar-refractivity contribution < 1.29 is 4.74 Å². The molecule has 1 saturated heterocycles. The zero-order valence-electron chi connectivity index (χ0n) is 17.8. The predicted octanol–water partition coefficient (Wildman–Crippen LogP) is 5.51. The Bertz CT molecular complexity index is 955. The van der Waals surface area contributed by atoms with Crippen LogP contribution in [0.2, 0.25) is 0 Å². The van der Waals surface area contributed by atoms with Gasteiger partial charge in [-0.05, 0) is 79.3 Å². The number of likely N-dealkylation sites (tertiary alicyclic amines) is 1. The third-order valence-electron chi connectivity index (χ3n) is 6.35. The summed E-state index contributed by atoms with van der Waals surface area (Å²) in [4.78, 5) is 2.42. The Morgan fingerprint density at radius 2 is 1.79 bits per heavy atom. The van der Waals surface area contributed by atoms with Crippen LogP contribution in [0.15, 0.2) is 60.7 Å². The van der Waals surface area contributed by atoms with Crippen LogP contribution in [0, 0.1) is 0 Å². The van der Waals surface area contributed by atoms with Crippen LogP contribution in [0.4, 0.5) is 0 Å². The SMILES string of the molecule is COc1ccc(CNC(C)c2cccc3ccccc23)cc1C1CCN(C)CC1. The number of fused-ring (bicyclic) bond motifs is 1. The maximum absolute atomic E-state index is 5.69. The number of piperidine rings is 1. The molecule has 0 aromatic heterocycles. The van der Waals surface area contributed by atoms with E-state index in [1.165, 1.54) is 40.3 Å². The second kappa shape index (κ2) is 8.98. The lowest BCUT2D eigenvalue weighted by Crippen LogP contribution is -2.29. The minimum Gasteiger partial charge on any atom is -0.496 e. The van der Waals surface area contributed by atoms with E-state index in [0.29, 0.717) is 5.92 Å². The number of hydrogen-bond acceptors (Lipinski definition) is 3. The van der Waals surface area contributed by atoms with E-state index in [4.69, 9.17) is 4.74 Å². The molecule has 0 amide bonds. The number of ether oxygens (including phenoxy) is 1. The molecule has 4 rings (SSSR count). The summed E-state index contributed by atoms with van der Waals surface area (Å²) in [7, 11) is 4.00. The molecule has 0 saturated carbocycles. The molecule has 152 valence electrons. The lowest BCUT2D eigenvalue weighted by atomic mass is 9.88. The van der Waals surface area contributed by atoms with Crippen LogP contribution < -0.4 is 10.1 Å². The maximum Gasteiger partial charge on any atom is 0.122 e. The van der Waals surface area contributed by atoms with Crippen molar-refractivity contribution in [1.29, 1.82) is 0 Å². The first-order chi connectivity index (χ1) is 14.2. The van der Waals surface area contributed by atoms with Gasteiger partial charge in [0.25, 0.3) is 0 Å². The molecule has 3 aromatic carbocycles. The van der Waals surface area contributed by atoms with E-state index in [1.807, 2.05) is 0 Å². The highest BCUT2D eigenvalue weighted by molar-refractivity contribution is 5.86. The van der Waals surface area contributed by atoms with E-state index in [0.717, 1.165) is 25.4 Å². The molecule has 1 aliphatic heterocycles. The quantitative estimate of drug-likeness (QED) is 0.603. The average molecular weight is 389 g/mol. The van der Waals surface area contributed by atoms with Gasteiger partial charge in [0, 0.05) is 12.6 Å². The van der Waals surface area contributed by atoms with E-state index in [1.54, 1.807) is 7.11 Å². The second-order valence-corrected chi connectivity index (χ2v) is 8.32. The fraction of sp³-hybridized carbons (Fsp3) is 0.385. The van der Waals surface area contributed by atoms with Crippen molar-refractivity contribution in [1.82, 2.24) is 10.2 Å². The topological polar surface area (TPSA) is 24.5 Å². The molecule has 3 aromatic rings. The van der Waals surface area contributed by atoms with Crippen molar-refractivity contribution in [3.63, 3.8) is 0 Å². The number of nitrogens with zero attached hydrogens (tertiary/aromatic N) is 1. The van der Waals surface area contributed by atoms with Crippen LogP contribution in [0.5, 0.6) is 5.75 Å².